The van der Waals surface area contributed by atoms with Gasteiger partial charge in [-0.3, -0.25) is 0 Å². The second-order valence-corrected chi connectivity index (χ2v) is 4.95. The van der Waals surface area contributed by atoms with E-state index in [1.165, 1.54) is 5.56 Å². The van der Waals surface area contributed by atoms with Crippen LogP contribution in [0.1, 0.15) is 25.8 Å². The summed E-state index contributed by atoms with van der Waals surface area (Å²) >= 11 is 0. The SMILES string of the molecule is CCC(C)(O)COc1ccc(CNCCOC)cc1. The number of ether oxygens (including phenoxy) is 2. The van der Waals surface area contributed by atoms with E-state index in [1.54, 1.807) is 14.0 Å². The predicted octanol–water partition coefficient (Wildman–Crippen LogP) is 1.96. The smallest absolute Gasteiger partial charge is 0.119 e. The molecule has 0 bridgehead atoms. The first-order valence-electron chi connectivity index (χ1n) is 6.71. The van der Waals surface area contributed by atoms with Crippen LogP contribution in [0.25, 0.3) is 0 Å². The molecule has 19 heavy (non-hydrogen) atoms. The summed E-state index contributed by atoms with van der Waals surface area (Å²) in [6, 6.07) is 7.91. The standard InChI is InChI=1S/C15H25NO3/c1-4-15(2,17)12-19-14-7-5-13(6-8-14)11-16-9-10-18-3/h5-8,16-17H,4,9-12H2,1-3H3. The van der Waals surface area contributed by atoms with Gasteiger partial charge in [-0.1, -0.05) is 19.1 Å². The van der Waals surface area contributed by atoms with Crippen LogP contribution in [0.3, 0.4) is 0 Å². The number of aliphatic hydroxyl groups is 1. The molecule has 1 aromatic carbocycles. The first kappa shape index (κ1) is 16.0. The molecule has 2 N–H and O–H groups in total. The van der Waals surface area contributed by atoms with Crippen LogP contribution >= 0.6 is 0 Å². The average molecular weight is 267 g/mol. The van der Waals surface area contributed by atoms with Crippen LogP contribution in [0.4, 0.5) is 0 Å². The Balaban J connectivity index is 2.35. The number of methoxy groups -OCH3 is 1. The van der Waals surface area contributed by atoms with Gasteiger partial charge in [-0.25, -0.2) is 0 Å². The van der Waals surface area contributed by atoms with Gasteiger partial charge in [0.25, 0.3) is 0 Å². The van der Waals surface area contributed by atoms with Crippen molar-refractivity contribution in [2.45, 2.75) is 32.4 Å². The monoisotopic (exact) mass is 267 g/mol. The lowest BCUT2D eigenvalue weighted by Crippen LogP contribution is -2.31. The van der Waals surface area contributed by atoms with Crippen molar-refractivity contribution in [1.82, 2.24) is 5.32 Å². The first-order chi connectivity index (χ1) is 9.07. The van der Waals surface area contributed by atoms with Gasteiger partial charge in [-0.15, -0.1) is 0 Å². The predicted molar refractivity (Wildman–Crippen MR) is 76.4 cm³/mol. The van der Waals surface area contributed by atoms with Crippen LogP contribution in [0.2, 0.25) is 0 Å². The van der Waals surface area contributed by atoms with Gasteiger partial charge in [0.15, 0.2) is 0 Å². The Hall–Kier alpha value is -1.10. The number of nitrogens with one attached hydrogen (secondary N) is 1. The molecule has 0 saturated carbocycles. The van der Waals surface area contributed by atoms with Crippen molar-refractivity contribution in [2.75, 3.05) is 26.9 Å². The van der Waals surface area contributed by atoms with E-state index in [2.05, 4.69) is 5.32 Å². The summed E-state index contributed by atoms with van der Waals surface area (Å²) in [7, 11) is 1.69. The molecule has 0 radical (unpaired) electrons. The molecule has 0 spiro atoms. The van der Waals surface area contributed by atoms with Gasteiger partial charge in [-0.05, 0) is 31.0 Å². The maximum atomic E-state index is 9.86. The largest absolute Gasteiger partial charge is 0.491 e. The maximum absolute atomic E-state index is 9.86. The third kappa shape index (κ3) is 6.57. The van der Waals surface area contributed by atoms with Gasteiger partial charge in [0.2, 0.25) is 0 Å². The van der Waals surface area contributed by atoms with Gasteiger partial charge < -0.3 is 19.9 Å². The Morgan fingerprint density at radius 2 is 1.95 bits per heavy atom. The fraction of sp³-hybridized carbons (Fsp3) is 0.600. The van der Waals surface area contributed by atoms with Crippen LogP contribution in [0.15, 0.2) is 24.3 Å². The van der Waals surface area contributed by atoms with Gasteiger partial charge in [-0.2, -0.15) is 0 Å². The lowest BCUT2D eigenvalue weighted by Gasteiger charge is -2.21. The third-order valence-corrected chi connectivity index (χ3v) is 3.05. The first-order valence-corrected chi connectivity index (χ1v) is 6.71. The summed E-state index contributed by atoms with van der Waals surface area (Å²) in [5.41, 5.74) is 0.436. The topological polar surface area (TPSA) is 50.7 Å². The van der Waals surface area contributed by atoms with E-state index in [0.717, 1.165) is 18.8 Å². The van der Waals surface area contributed by atoms with E-state index >= 15 is 0 Å². The highest BCUT2D eigenvalue weighted by molar-refractivity contribution is 5.27. The minimum absolute atomic E-state index is 0.314. The van der Waals surface area contributed by atoms with E-state index in [0.29, 0.717) is 19.6 Å². The molecule has 0 amide bonds. The molecule has 0 aliphatic rings. The normalized spacial score (nSPS) is 14.1. The molecule has 0 aliphatic carbocycles. The minimum atomic E-state index is -0.764. The highest BCUT2D eigenvalue weighted by Crippen LogP contribution is 2.15. The molecule has 0 heterocycles. The summed E-state index contributed by atoms with van der Waals surface area (Å²) in [5.74, 6) is 0.786. The van der Waals surface area contributed by atoms with Crippen molar-refractivity contribution in [3.05, 3.63) is 29.8 Å². The number of rotatable bonds is 9. The average Bonchev–Trinajstić information content (AvgIpc) is 2.43. The Bertz CT molecular complexity index is 349. The summed E-state index contributed by atoms with van der Waals surface area (Å²) < 4.78 is 10.5. The van der Waals surface area contributed by atoms with Crippen LogP contribution in [-0.4, -0.2) is 37.6 Å². The fourth-order valence-electron chi connectivity index (χ4n) is 1.45. The van der Waals surface area contributed by atoms with Gasteiger partial charge in [0.05, 0.1) is 12.2 Å². The van der Waals surface area contributed by atoms with E-state index in [9.17, 15) is 5.11 Å². The molecule has 1 unspecified atom stereocenters. The Labute approximate surface area is 115 Å². The van der Waals surface area contributed by atoms with E-state index in [4.69, 9.17) is 9.47 Å². The number of hydrogen-bond donors (Lipinski definition) is 2. The van der Waals surface area contributed by atoms with Crippen LogP contribution in [0.5, 0.6) is 5.75 Å². The lowest BCUT2D eigenvalue weighted by atomic mass is 10.1. The van der Waals surface area contributed by atoms with Crippen LogP contribution in [-0.2, 0) is 11.3 Å². The van der Waals surface area contributed by atoms with E-state index < -0.39 is 5.60 Å². The van der Waals surface area contributed by atoms with Gasteiger partial charge in [0.1, 0.15) is 12.4 Å². The minimum Gasteiger partial charge on any atom is -0.491 e. The molecular formula is C15H25NO3. The molecule has 0 aromatic heterocycles. The highest BCUT2D eigenvalue weighted by Gasteiger charge is 2.18. The molecule has 0 saturated heterocycles. The summed E-state index contributed by atoms with van der Waals surface area (Å²) in [6.07, 6.45) is 0.675. The van der Waals surface area contributed by atoms with Crippen molar-refractivity contribution in [2.24, 2.45) is 0 Å². The van der Waals surface area contributed by atoms with E-state index in [-0.39, 0.29) is 0 Å². The van der Waals surface area contributed by atoms with Gasteiger partial charge in [0, 0.05) is 20.2 Å². The maximum Gasteiger partial charge on any atom is 0.119 e. The second kappa shape index (κ2) is 8.15. The molecule has 1 rings (SSSR count). The quantitative estimate of drug-likeness (QED) is 0.672. The molecular weight excluding hydrogens is 242 g/mol. The zero-order chi connectivity index (χ0) is 14.1. The highest BCUT2D eigenvalue weighted by atomic mass is 16.5. The second-order valence-electron chi connectivity index (χ2n) is 4.95. The third-order valence-electron chi connectivity index (χ3n) is 3.05. The fourth-order valence-corrected chi connectivity index (χ4v) is 1.45. The number of benzene rings is 1. The number of hydrogen-bond acceptors (Lipinski definition) is 4. The zero-order valence-corrected chi connectivity index (χ0v) is 12.1. The van der Waals surface area contributed by atoms with Crippen molar-refractivity contribution in [3.8, 4) is 5.75 Å². The summed E-state index contributed by atoms with van der Waals surface area (Å²) in [5, 5.41) is 13.1. The summed E-state index contributed by atoms with van der Waals surface area (Å²) in [4.78, 5) is 0. The molecule has 1 atom stereocenters. The molecule has 0 fully saturated rings. The van der Waals surface area contributed by atoms with Gasteiger partial charge >= 0.3 is 0 Å². The van der Waals surface area contributed by atoms with Crippen molar-refractivity contribution < 1.29 is 14.6 Å². The Kier molecular flexibility index (Phi) is 6.84. The molecule has 1 aromatic rings. The van der Waals surface area contributed by atoms with Crippen molar-refractivity contribution >= 4 is 0 Å². The van der Waals surface area contributed by atoms with E-state index in [1.807, 2.05) is 31.2 Å². The zero-order valence-electron chi connectivity index (χ0n) is 12.1. The van der Waals surface area contributed by atoms with Crippen LogP contribution in [0, 0.1) is 0 Å². The molecule has 108 valence electrons. The van der Waals surface area contributed by atoms with Crippen LogP contribution < -0.4 is 10.1 Å². The lowest BCUT2D eigenvalue weighted by molar-refractivity contribution is 0.00846. The van der Waals surface area contributed by atoms with Crippen molar-refractivity contribution in [3.63, 3.8) is 0 Å². The molecule has 4 nitrogen and oxygen atoms in total. The molecule has 4 heteroatoms. The molecule has 0 aliphatic heterocycles. The van der Waals surface area contributed by atoms with Crippen molar-refractivity contribution in [1.29, 1.82) is 0 Å². The Morgan fingerprint density at radius 1 is 1.26 bits per heavy atom. The summed E-state index contributed by atoms with van der Waals surface area (Å²) in [6.45, 7) is 6.41. The Morgan fingerprint density at radius 3 is 2.53 bits per heavy atom.